The van der Waals surface area contributed by atoms with Gasteiger partial charge >= 0.3 is 21.1 Å². The first kappa shape index (κ1) is 36.6. The molecule has 0 spiro atoms. The van der Waals surface area contributed by atoms with Crippen LogP contribution in [0.1, 0.15) is 0 Å². The van der Waals surface area contributed by atoms with Crippen LogP contribution in [0.5, 0.6) is 0 Å². The Morgan fingerprint density at radius 3 is 0.500 bits per heavy atom. The molecule has 0 aliphatic rings. The number of rotatable bonds is 0. The molecule has 4 N–H and O–H groups in total. The maximum Gasteiger partial charge on any atom is 4.00 e. The number of phosphoric acid groups is 3. The van der Waals surface area contributed by atoms with E-state index in [1.807, 2.05) is 0 Å². The van der Waals surface area contributed by atoms with Gasteiger partial charge in [-0.1, -0.05) is 0 Å². The summed E-state index contributed by atoms with van der Waals surface area (Å²) in [6.45, 7) is 0. The van der Waals surface area contributed by atoms with Crippen molar-refractivity contribution in [2.45, 2.75) is 0 Å². The maximum atomic E-state index is 8.55. The molecule has 0 aromatic rings. The first-order chi connectivity index (χ1) is 6.00. The molecule has 0 atom stereocenters. The monoisotopic (exact) mass is 526 g/mol. The number of hydrogen-bond acceptors (Lipinski definition) is 12. The zero-order chi connectivity index (χ0) is 13.5. The van der Waals surface area contributed by atoms with Crippen molar-refractivity contribution < 1.29 is 84.3 Å². The zero-order valence-electron chi connectivity index (χ0n) is 7.36. The minimum atomic E-state index is -5.39. The van der Waals surface area contributed by atoms with E-state index in [9.17, 15) is 0 Å². The van der Waals surface area contributed by atoms with E-state index >= 15 is 0 Å². The third-order valence-corrected chi connectivity index (χ3v) is 0. The Morgan fingerprint density at radius 2 is 0.500 bits per heavy atom. The van der Waals surface area contributed by atoms with Gasteiger partial charge in [-0.15, -0.1) is 0 Å². The van der Waals surface area contributed by atoms with E-state index < -0.39 is 23.5 Å². The minimum Gasteiger partial charge on any atom is -0.873 e. The van der Waals surface area contributed by atoms with Crippen molar-refractivity contribution in [1.82, 2.24) is 0 Å². The van der Waals surface area contributed by atoms with E-state index in [4.69, 9.17) is 57.7 Å². The fraction of sp³-hybridized carbons (Fsp3) is 0. The second kappa shape index (κ2) is 14.8. The zero-order valence-corrected chi connectivity index (χ0v) is 13.0. The average Bonchev–Trinajstić information content (AvgIpc) is 1.41. The number of hydrogen-bond donors (Lipinski definition) is 0. The molecule has 0 rings (SSSR count). The van der Waals surface area contributed by atoms with Gasteiger partial charge in [-0.3, -0.25) is 9.90 Å². The SMILES string of the molecule is O=P([O-])([O-])[O-].O=P([O-])([O-])[O-].O=P([O-])([O-])[O-].[OH4+2].[PH6+3].[W+4]. The average molecular weight is 526 g/mol. The largest absolute Gasteiger partial charge is 4.00 e. The van der Waals surface area contributed by atoms with Crippen molar-refractivity contribution in [3.8, 4) is 0 Å². The van der Waals surface area contributed by atoms with Gasteiger partial charge in [0.2, 0.25) is 0 Å². The topological polar surface area (TPSA) is 293 Å². The van der Waals surface area contributed by atoms with Crippen molar-refractivity contribution in [3.05, 3.63) is 0 Å². The maximum absolute atomic E-state index is 8.55. The molecule has 13 nitrogen and oxygen atoms in total. The van der Waals surface area contributed by atoms with Crippen molar-refractivity contribution in [1.29, 1.82) is 0 Å². The molecule has 0 aromatic heterocycles. The Kier molecular flexibility index (Phi) is 30.1. The van der Waals surface area contributed by atoms with Crippen molar-refractivity contribution in [2.75, 3.05) is 0 Å². The first-order valence-electron chi connectivity index (χ1n) is 2.19. The molecular formula is H10O13P4W. The van der Waals surface area contributed by atoms with Crippen LogP contribution in [0, 0.1) is 0 Å². The second-order valence-corrected chi connectivity index (χ2v) is 4.02. The molecule has 0 saturated carbocycles. The molecule has 18 heavy (non-hydrogen) atoms. The van der Waals surface area contributed by atoms with Crippen LogP contribution in [0.2, 0.25) is 0 Å². The summed E-state index contributed by atoms with van der Waals surface area (Å²) in [6, 6.07) is 0. The van der Waals surface area contributed by atoms with Crippen molar-refractivity contribution >= 4 is 33.4 Å². The van der Waals surface area contributed by atoms with Crippen molar-refractivity contribution in [2.24, 2.45) is 0 Å². The first-order valence-corrected chi connectivity index (χ1v) is 6.57. The van der Waals surface area contributed by atoms with E-state index in [2.05, 4.69) is 0 Å². The van der Waals surface area contributed by atoms with E-state index in [0.717, 1.165) is 0 Å². The predicted octanol–water partition coefficient (Wildman–Crippen LogP) is -10.4. The van der Waals surface area contributed by atoms with Crippen LogP contribution < -0.4 is 44.0 Å². The summed E-state index contributed by atoms with van der Waals surface area (Å²) in [6.07, 6.45) is 0. The molecule has 0 bridgehead atoms. The summed E-state index contributed by atoms with van der Waals surface area (Å²) < 4.78 is 25.6. The summed E-state index contributed by atoms with van der Waals surface area (Å²) >= 11 is 0. The molecule has 0 aromatic carbocycles. The van der Waals surface area contributed by atoms with Gasteiger partial charge in [0.1, 0.15) is 0 Å². The summed E-state index contributed by atoms with van der Waals surface area (Å²) in [5, 5.41) is 0. The van der Waals surface area contributed by atoms with Crippen LogP contribution in [-0.4, -0.2) is 0 Å². The molecule has 0 heterocycles. The fourth-order valence-electron chi connectivity index (χ4n) is 0. The Morgan fingerprint density at radius 1 is 0.500 bits per heavy atom. The van der Waals surface area contributed by atoms with Crippen LogP contribution in [0.3, 0.4) is 0 Å². The Bertz CT molecular complexity index is 205. The fourth-order valence-corrected chi connectivity index (χ4v) is 0. The molecule has 114 valence electrons. The van der Waals surface area contributed by atoms with E-state index in [1.165, 1.54) is 0 Å². The van der Waals surface area contributed by atoms with Crippen LogP contribution in [-0.2, 0) is 40.2 Å². The summed E-state index contributed by atoms with van der Waals surface area (Å²) in [5.74, 6) is 0. The molecule has 0 unspecified atom stereocenters. The molecule has 0 aliphatic heterocycles. The van der Waals surface area contributed by atoms with E-state index in [-0.39, 0.29) is 36.4 Å². The van der Waals surface area contributed by atoms with Gasteiger partial charge in [0.25, 0.3) is 0 Å². The van der Waals surface area contributed by atoms with Gasteiger partial charge in [-0.2, -0.15) is 23.5 Å². The Labute approximate surface area is 118 Å². The molecular weight excluding hydrogens is 516 g/mol. The summed E-state index contributed by atoms with van der Waals surface area (Å²) in [7, 11) is -16.2. The van der Waals surface area contributed by atoms with Gasteiger partial charge in [-0.25, -0.2) is 0 Å². The standard InChI is InChI=1S/3H3O4P.H4O.H6P.W/c3*1-5(2,3)4;;;/h3*(H3,1,2,3,4);1H4;1H6;/q;;;+2;+3;+4/p-9. The summed E-state index contributed by atoms with van der Waals surface area (Å²) in [4.78, 5) is 76.9. The third-order valence-electron chi connectivity index (χ3n) is 0. The molecule has 0 aliphatic carbocycles. The normalized spacial score (nSPS) is 9.83. The van der Waals surface area contributed by atoms with E-state index in [1.54, 1.807) is 0 Å². The van der Waals surface area contributed by atoms with Gasteiger partial charge < -0.3 is 63.2 Å². The Balaban J connectivity index is -0.0000000277. The van der Waals surface area contributed by atoms with Gasteiger partial charge in [-0.05, 0) is 0 Å². The molecule has 0 amide bonds. The van der Waals surface area contributed by atoms with Crippen LogP contribution in [0.15, 0.2) is 0 Å². The van der Waals surface area contributed by atoms with Crippen LogP contribution >= 0.6 is 33.4 Å². The van der Waals surface area contributed by atoms with Crippen LogP contribution in [0.25, 0.3) is 0 Å². The predicted molar refractivity (Wildman–Crippen MR) is 44.4 cm³/mol. The minimum absolute atomic E-state index is 0. The van der Waals surface area contributed by atoms with Gasteiger partial charge in [0, 0.05) is 0 Å². The van der Waals surface area contributed by atoms with Crippen molar-refractivity contribution in [3.63, 3.8) is 0 Å². The molecule has 18 heteroatoms. The van der Waals surface area contributed by atoms with E-state index in [0.29, 0.717) is 0 Å². The third kappa shape index (κ3) is 2360. The summed E-state index contributed by atoms with van der Waals surface area (Å²) in [5.41, 5.74) is 0. The molecule has 0 radical (unpaired) electrons. The molecule has 0 fully saturated rings. The second-order valence-electron chi connectivity index (χ2n) is 1.34. The van der Waals surface area contributed by atoms with Gasteiger partial charge in [0.15, 0.2) is 0 Å². The Hall–Kier alpha value is 1.41. The van der Waals surface area contributed by atoms with Gasteiger partial charge in [0.05, 0.1) is 0 Å². The molecule has 0 saturated heterocycles. The smallest absolute Gasteiger partial charge is 0.873 e. The quantitative estimate of drug-likeness (QED) is 0.266. The van der Waals surface area contributed by atoms with Crippen LogP contribution in [0.4, 0.5) is 0 Å².